The van der Waals surface area contributed by atoms with Crippen LogP contribution in [0.25, 0.3) is 10.6 Å². The predicted molar refractivity (Wildman–Crippen MR) is 142 cm³/mol. The molecular weight excluding hydrogens is 488 g/mol. The second kappa shape index (κ2) is 11.8. The van der Waals surface area contributed by atoms with Gasteiger partial charge in [0.1, 0.15) is 4.91 Å². The maximum Gasteiger partial charge on any atom is 0.303 e. The molecule has 2 heterocycles. The van der Waals surface area contributed by atoms with Gasteiger partial charge in [0, 0.05) is 38.1 Å². The van der Waals surface area contributed by atoms with E-state index in [2.05, 4.69) is 10.1 Å². The molecule has 0 atom stereocenters. The SMILES string of the molecule is CC=C(c1ccccn1)S(=O)(=O)N(Cc1ccc(-n2cccn2)cc1)Cc1cccc(CCC(=O)O)c1. The number of hydrogen-bond acceptors (Lipinski definition) is 5. The van der Waals surface area contributed by atoms with Gasteiger partial charge in [-0.2, -0.15) is 9.40 Å². The van der Waals surface area contributed by atoms with Gasteiger partial charge in [-0.25, -0.2) is 13.1 Å². The number of carboxylic acid groups (broad SMARTS) is 1. The first-order valence-electron chi connectivity index (χ1n) is 11.8. The number of pyridine rings is 1. The number of benzene rings is 2. The predicted octanol–water partition coefficient (Wildman–Crippen LogP) is 4.68. The van der Waals surface area contributed by atoms with Gasteiger partial charge in [0.2, 0.25) is 10.0 Å². The number of hydrogen-bond donors (Lipinski definition) is 1. The molecule has 190 valence electrons. The number of sulfonamides is 1. The summed E-state index contributed by atoms with van der Waals surface area (Å²) in [6, 6.07) is 22.0. The van der Waals surface area contributed by atoms with E-state index in [1.54, 1.807) is 48.3 Å². The van der Waals surface area contributed by atoms with E-state index in [0.29, 0.717) is 12.1 Å². The first kappa shape index (κ1) is 26.0. The number of aliphatic carboxylic acids is 1. The van der Waals surface area contributed by atoms with Gasteiger partial charge in [0.25, 0.3) is 0 Å². The summed E-state index contributed by atoms with van der Waals surface area (Å²) >= 11 is 0. The number of aryl methyl sites for hydroxylation is 1. The third-order valence-corrected chi connectivity index (χ3v) is 7.78. The fourth-order valence-corrected chi connectivity index (χ4v) is 5.62. The molecule has 0 saturated heterocycles. The number of carbonyl (C=O) groups is 1. The summed E-state index contributed by atoms with van der Waals surface area (Å²) in [5.74, 6) is -0.874. The van der Waals surface area contributed by atoms with Crippen LogP contribution in [0.5, 0.6) is 0 Å². The van der Waals surface area contributed by atoms with E-state index in [4.69, 9.17) is 5.11 Å². The van der Waals surface area contributed by atoms with Crippen molar-refractivity contribution in [3.8, 4) is 5.69 Å². The van der Waals surface area contributed by atoms with Crippen LogP contribution in [0.2, 0.25) is 0 Å². The van der Waals surface area contributed by atoms with Crippen LogP contribution in [0.15, 0.2) is 97.5 Å². The van der Waals surface area contributed by atoms with Gasteiger partial charge in [-0.3, -0.25) is 9.78 Å². The van der Waals surface area contributed by atoms with E-state index in [0.717, 1.165) is 22.4 Å². The molecule has 4 rings (SSSR count). The van der Waals surface area contributed by atoms with Crippen molar-refractivity contribution >= 4 is 20.9 Å². The number of rotatable bonds is 11. The fourth-order valence-electron chi connectivity index (χ4n) is 4.02. The fraction of sp³-hybridized carbons (Fsp3) is 0.179. The highest BCUT2D eigenvalue weighted by Gasteiger charge is 2.28. The Morgan fingerprint density at radius 2 is 1.70 bits per heavy atom. The van der Waals surface area contributed by atoms with Crippen molar-refractivity contribution < 1.29 is 18.3 Å². The molecule has 1 N–H and O–H groups in total. The number of aromatic nitrogens is 3. The minimum absolute atomic E-state index is 0.0104. The quantitative estimate of drug-likeness (QED) is 0.310. The monoisotopic (exact) mass is 516 g/mol. The highest BCUT2D eigenvalue weighted by Crippen LogP contribution is 2.27. The zero-order chi connectivity index (χ0) is 26.3. The third kappa shape index (κ3) is 6.58. The summed E-state index contributed by atoms with van der Waals surface area (Å²) in [4.78, 5) is 15.4. The van der Waals surface area contributed by atoms with Gasteiger partial charge in [-0.05, 0) is 60.4 Å². The van der Waals surface area contributed by atoms with Gasteiger partial charge < -0.3 is 5.11 Å². The normalized spacial score (nSPS) is 12.1. The van der Waals surface area contributed by atoms with Gasteiger partial charge in [0.15, 0.2) is 0 Å². The molecule has 2 aromatic heterocycles. The van der Waals surface area contributed by atoms with Crippen LogP contribution in [0.4, 0.5) is 0 Å². The van der Waals surface area contributed by atoms with Crippen molar-refractivity contribution in [2.45, 2.75) is 32.9 Å². The minimum Gasteiger partial charge on any atom is -0.481 e. The maximum absolute atomic E-state index is 14.0. The van der Waals surface area contributed by atoms with Crippen molar-refractivity contribution in [1.82, 2.24) is 19.1 Å². The lowest BCUT2D eigenvalue weighted by molar-refractivity contribution is -0.136. The van der Waals surface area contributed by atoms with Crippen molar-refractivity contribution in [3.63, 3.8) is 0 Å². The van der Waals surface area contributed by atoms with Crippen LogP contribution in [0.3, 0.4) is 0 Å². The molecule has 0 bridgehead atoms. The summed E-state index contributed by atoms with van der Waals surface area (Å²) in [6.07, 6.45) is 7.06. The van der Waals surface area contributed by atoms with Crippen LogP contribution in [0, 0.1) is 0 Å². The topological polar surface area (TPSA) is 105 Å². The van der Waals surface area contributed by atoms with Crippen molar-refractivity contribution in [3.05, 3.63) is 120 Å². The summed E-state index contributed by atoms with van der Waals surface area (Å²) in [6.45, 7) is 1.95. The molecule has 0 fully saturated rings. The second-order valence-electron chi connectivity index (χ2n) is 8.47. The molecule has 0 spiro atoms. The Balaban J connectivity index is 1.66. The van der Waals surface area contributed by atoms with E-state index in [1.165, 1.54) is 4.31 Å². The van der Waals surface area contributed by atoms with Crippen LogP contribution in [-0.4, -0.2) is 38.6 Å². The first-order valence-corrected chi connectivity index (χ1v) is 13.3. The zero-order valence-corrected chi connectivity index (χ0v) is 21.3. The number of carboxylic acids is 1. The minimum atomic E-state index is -3.93. The van der Waals surface area contributed by atoms with E-state index in [-0.39, 0.29) is 24.4 Å². The second-order valence-corrected chi connectivity index (χ2v) is 10.4. The molecule has 0 unspecified atom stereocenters. The first-order chi connectivity index (χ1) is 17.9. The van der Waals surface area contributed by atoms with Crippen LogP contribution in [-0.2, 0) is 34.3 Å². The van der Waals surface area contributed by atoms with Gasteiger partial charge in [0.05, 0.1) is 11.4 Å². The summed E-state index contributed by atoms with van der Waals surface area (Å²) in [5.41, 5.74) is 3.68. The van der Waals surface area contributed by atoms with E-state index in [9.17, 15) is 13.2 Å². The van der Waals surface area contributed by atoms with Crippen molar-refractivity contribution in [2.75, 3.05) is 0 Å². The number of nitrogens with zero attached hydrogens (tertiary/aromatic N) is 4. The molecule has 9 heteroatoms. The molecule has 0 radical (unpaired) electrons. The molecule has 0 saturated carbocycles. The van der Waals surface area contributed by atoms with Gasteiger partial charge >= 0.3 is 5.97 Å². The largest absolute Gasteiger partial charge is 0.481 e. The third-order valence-electron chi connectivity index (χ3n) is 5.84. The average Bonchev–Trinajstić information content (AvgIpc) is 3.44. The highest BCUT2D eigenvalue weighted by molar-refractivity contribution is 7.98. The molecule has 0 aliphatic rings. The Hall–Kier alpha value is -4.08. The summed E-state index contributed by atoms with van der Waals surface area (Å²) < 4.78 is 31.1. The van der Waals surface area contributed by atoms with Crippen LogP contribution in [0.1, 0.15) is 35.7 Å². The van der Waals surface area contributed by atoms with E-state index < -0.39 is 16.0 Å². The summed E-state index contributed by atoms with van der Waals surface area (Å²) in [5, 5.41) is 13.3. The van der Waals surface area contributed by atoms with E-state index in [1.807, 2.05) is 60.8 Å². The molecule has 8 nitrogen and oxygen atoms in total. The molecule has 0 aliphatic carbocycles. The Morgan fingerprint density at radius 3 is 2.35 bits per heavy atom. The zero-order valence-electron chi connectivity index (χ0n) is 20.4. The lowest BCUT2D eigenvalue weighted by Crippen LogP contribution is -2.31. The van der Waals surface area contributed by atoms with Crippen LogP contribution < -0.4 is 0 Å². The molecule has 37 heavy (non-hydrogen) atoms. The molecule has 2 aromatic carbocycles. The summed E-state index contributed by atoms with van der Waals surface area (Å²) in [7, 11) is -3.93. The number of allylic oxidation sites excluding steroid dienone is 1. The average molecular weight is 517 g/mol. The molecule has 0 aliphatic heterocycles. The highest BCUT2D eigenvalue weighted by atomic mass is 32.2. The lowest BCUT2D eigenvalue weighted by Gasteiger charge is -2.24. The van der Waals surface area contributed by atoms with Gasteiger partial charge in [-0.15, -0.1) is 0 Å². The Labute approximate surface area is 216 Å². The molecule has 0 amide bonds. The van der Waals surface area contributed by atoms with Crippen molar-refractivity contribution in [2.24, 2.45) is 0 Å². The Bertz CT molecular complexity index is 1470. The van der Waals surface area contributed by atoms with Crippen LogP contribution >= 0.6 is 0 Å². The standard InChI is InChI=1S/C28H28N4O4S/c1-2-27(26-9-3-4-16-29-26)37(35,36)31(21-24-8-5-7-22(19-24)12-15-28(33)34)20-23-10-13-25(14-11-23)32-18-6-17-30-32/h2-11,13-14,16-19H,12,15,20-21H2,1H3,(H,33,34). The molecular formula is C28H28N4O4S. The Kier molecular flexibility index (Phi) is 8.27. The lowest BCUT2D eigenvalue weighted by atomic mass is 10.1. The Morgan fingerprint density at radius 1 is 0.946 bits per heavy atom. The van der Waals surface area contributed by atoms with E-state index >= 15 is 0 Å². The maximum atomic E-state index is 14.0. The van der Waals surface area contributed by atoms with Gasteiger partial charge in [-0.1, -0.05) is 48.5 Å². The van der Waals surface area contributed by atoms with Crippen molar-refractivity contribution in [1.29, 1.82) is 0 Å². The molecule has 4 aromatic rings. The smallest absolute Gasteiger partial charge is 0.303 e.